The quantitative estimate of drug-likeness (QED) is 0.304. The molecule has 0 aromatic heterocycles. The fraction of sp³-hybridized carbons (Fsp3) is 0. The van der Waals surface area contributed by atoms with Gasteiger partial charge in [0.2, 0.25) is 0 Å². The van der Waals surface area contributed by atoms with Gasteiger partial charge in [0.25, 0.3) is 0 Å². The molecule has 0 aliphatic rings. The zero-order valence-electron chi connectivity index (χ0n) is 14.8. The fourth-order valence-corrected chi connectivity index (χ4v) is 4.99. The predicted molar refractivity (Wildman–Crippen MR) is 123 cm³/mol. The topological polar surface area (TPSA) is 0 Å². The van der Waals surface area contributed by atoms with Gasteiger partial charge < -0.3 is 0 Å². The average molecular weight is 439 g/mol. The van der Waals surface area contributed by atoms with Gasteiger partial charge in [0.1, 0.15) is 0 Å². The van der Waals surface area contributed by atoms with Crippen LogP contribution >= 0.6 is 46.7 Å². The van der Waals surface area contributed by atoms with Crippen molar-refractivity contribution in [1.29, 1.82) is 0 Å². The molecular weight excluding hydrogens is 423 g/mol. The van der Waals surface area contributed by atoms with Gasteiger partial charge in [-0.15, -0.1) is 0 Å². The van der Waals surface area contributed by atoms with E-state index in [-0.39, 0.29) is 0 Å². The average Bonchev–Trinajstić information content (AvgIpc) is 2.72. The molecule has 4 rings (SSSR count). The van der Waals surface area contributed by atoms with Crippen molar-refractivity contribution in [1.82, 2.24) is 0 Å². The van der Waals surface area contributed by atoms with Gasteiger partial charge in [0, 0.05) is 29.6 Å². The molecule has 0 fully saturated rings. The first-order valence-electron chi connectivity index (χ1n) is 8.74. The van der Waals surface area contributed by atoms with Crippen molar-refractivity contribution in [2.24, 2.45) is 0 Å². The minimum Gasteiger partial charge on any atom is -0.0894 e. The second-order valence-corrected chi connectivity index (χ2v) is 9.21. The first kappa shape index (κ1) is 19.5. The van der Waals surface area contributed by atoms with E-state index in [1.165, 1.54) is 30.7 Å². The van der Waals surface area contributed by atoms with E-state index in [0.29, 0.717) is 0 Å². The molecule has 4 aromatic carbocycles. The minimum absolute atomic E-state index is 0.752. The summed E-state index contributed by atoms with van der Waals surface area (Å²) in [7, 11) is 0. The summed E-state index contributed by atoms with van der Waals surface area (Å²) in [5, 5.41) is 1.50. The number of benzene rings is 4. The Kier molecular flexibility index (Phi) is 6.33. The van der Waals surface area contributed by atoms with Crippen molar-refractivity contribution in [3.8, 4) is 11.1 Å². The van der Waals surface area contributed by atoms with Crippen LogP contribution in [0.15, 0.2) is 117 Å². The Balaban J connectivity index is 1.69. The maximum absolute atomic E-state index is 6.03. The van der Waals surface area contributed by atoms with E-state index in [2.05, 4.69) is 72.8 Å². The Morgan fingerprint density at radius 2 is 0.786 bits per heavy atom. The SMILES string of the molecule is Clc1ccc(Sc2ccccc2-c2ccccc2Sc2ccc(Cl)cc2)cc1. The van der Waals surface area contributed by atoms with E-state index in [9.17, 15) is 0 Å². The van der Waals surface area contributed by atoms with Crippen molar-refractivity contribution < 1.29 is 0 Å². The highest BCUT2D eigenvalue weighted by atomic mass is 35.5. The van der Waals surface area contributed by atoms with Crippen LogP contribution < -0.4 is 0 Å². The second kappa shape index (κ2) is 9.11. The summed E-state index contributed by atoms with van der Waals surface area (Å²) >= 11 is 15.6. The van der Waals surface area contributed by atoms with Crippen molar-refractivity contribution in [2.75, 3.05) is 0 Å². The summed E-state index contributed by atoms with van der Waals surface area (Å²) in [6.45, 7) is 0. The molecule has 0 bridgehead atoms. The number of halogens is 2. The summed E-state index contributed by atoms with van der Waals surface area (Å²) in [6.07, 6.45) is 0. The molecule has 0 radical (unpaired) electrons. The molecule has 0 atom stereocenters. The molecule has 4 heteroatoms. The largest absolute Gasteiger partial charge is 0.0894 e. The van der Waals surface area contributed by atoms with Crippen LogP contribution in [-0.2, 0) is 0 Å². The Morgan fingerprint density at radius 3 is 1.18 bits per heavy atom. The molecular formula is C24H16Cl2S2. The Morgan fingerprint density at radius 1 is 0.429 bits per heavy atom. The van der Waals surface area contributed by atoms with Gasteiger partial charge in [-0.05, 0) is 71.8 Å². The lowest BCUT2D eigenvalue weighted by molar-refractivity contribution is 1.35. The Labute approximate surface area is 183 Å². The Hall–Kier alpha value is -1.84. The Bertz CT molecular complexity index is 985. The summed E-state index contributed by atoms with van der Waals surface area (Å²) in [5.41, 5.74) is 2.44. The van der Waals surface area contributed by atoms with Gasteiger partial charge in [-0.25, -0.2) is 0 Å². The maximum atomic E-state index is 6.03. The first-order chi connectivity index (χ1) is 13.7. The molecule has 4 aromatic rings. The predicted octanol–water partition coefficient (Wildman–Crippen LogP) is 8.96. The van der Waals surface area contributed by atoms with E-state index in [1.807, 2.05) is 24.3 Å². The molecule has 0 unspecified atom stereocenters. The highest BCUT2D eigenvalue weighted by Crippen LogP contribution is 2.41. The highest BCUT2D eigenvalue weighted by Gasteiger charge is 2.11. The van der Waals surface area contributed by atoms with E-state index in [1.54, 1.807) is 23.5 Å². The molecule has 0 nitrogen and oxygen atoms in total. The van der Waals surface area contributed by atoms with E-state index < -0.39 is 0 Å². The van der Waals surface area contributed by atoms with Crippen LogP contribution in [0.4, 0.5) is 0 Å². The van der Waals surface area contributed by atoms with Crippen LogP contribution in [0.2, 0.25) is 10.0 Å². The molecule has 0 spiro atoms. The van der Waals surface area contributed by atoms with Gasteiger partial charge in [0.05, 0.1) is 0 Å². The third-order valence-corrected chi connectivity index (χ3v) is 6.82. The number of hydrogen-bond acceptors (Lipinski definition) is 2. The molecule has 0 aliphatic carbocycles. The summed E-state index contributed by atoms with van der Waals surface area (Å²) in [5.74, 6) is 0. The number of rotatable bonds is 5. The third kappa shape index (κ3) is 4.76. The molecule has 0 N–H and O–H groups in total. The van der Waals surface area contributed by atoms with Crippen molar-refractivity contribution in [3.05, 3.63) is 107 Å². The van der Waals surface area contributed by atoms with Gasteiger partial charge in [-0.1, -0.05) is 83.1 Å². The standard InChI is InChI=1S/C24H16Cl2S2/c25-17-9-13-19(14-10-17)27-23-7-3-1-5-21(23)22-6-2-4-8-24(22)28-20-15-11-18(26)12-16-20/h1-16H. The fourth-order valence-electron chi connectivity index (χ4n) is 2.82. The molecule has 0 amide bonds. The van der Waals surface area contributed by atoms with Crippen LogP contribution in [0.25, 0.3) is 11.1 Å². The van der Waals surface area contributed by atoms with Crippen molar-refractivity contribution >= 4 is 46.7 Å². The normalized spacial score (nSPS) is 10.8. The van der Waals surface area contributed by atoms with E-state index >= 15 is 0 Å². The molecule has 0 aliphatic heterocycles. The van der Waals surface area contributed by atoms with Crippen LogP contribution in [0.3, 0.4) is 0 Å². The van der Waals surface area contributed by atoms with Crippen LogP contribution in [0, 0.1) is 0 Å². The second-order valence-electron chi connectivity index (χ2n) is 6.10. The lowest BCUT2D eigenvalue weighted by Crippen LogP contribution is -1.86. The third-order valence-electron chi connectivity index (χ3n) is 4.15. The van der Waals surface area contributed by atoms with Crippen LogP contribution in [0.5, 0.6) is 0 Å². The summed E-state index contributed by atoms with van der Waals surface area (Å²) < 4.78 is 0. The molecule has 0 heterocycles. The molecule has 0 saturated heterocycles. The summed E-state index contributed by atoms with van der Waals surface area (Å²) in [6, 6.07) is 33.0. The van der Waals surface area contributed by atoms with Crippen molar-refractivity contribution in [2.45, 2.75) is 19.6 Å². The van der Waals surface area contributed by atoms with Gasteiger partial charge >= 0.3 is 0 Å². The lowest BCUT2D eigenvalue weighted by Gasteiger charge is -2.13. The molecule has 0 saturated carbocycles. The van der Waals surface area contributed by atoms with Crippen LogP contribution in [0.1, 0.15) is 0 Å². The van der Waals surface area contributed by atoms with E-state index in [0.717, 1.165) is 10.0 Å². The highest BCUT2D eigenvalue weighted by molar-refractivity contribution is 8.00. The molecule has 138 valence electrons. The van der Waals surface area contributed by atoms with Gasteiger partial charge in [-0.3, -0.25) is 0 Å². The smallest absolute Gasteiger partial charge is 0.0406 e. The van der Waals surface area contributed by atoms with E-state index in [4.69, 9.17) is 23.2 Å². The molecule has 28 heavy (non-hydrogen) atoms. The monoisotopic (exact) mass is 438 g/mol. The number of hydrogen-bond donors (Lipinski definition) is 0. The maximum Gasteiger partial charge on any atom is 0.0406 e. The zero-order chi connectivity index (χ0) is 19.3. The first-order valence-corrected chi connectivity index (χ1v) is 11.1. The van der Waals surface area contributed by atoms with Crippen LogP contribution in [-0.4, -0.2) is 0 Å². The lowest BCUT2D eigenvalue weighted by atomic mass is 10.1. The zero-order valence-corrected chi connectivity index (χ0v) is 18.0. The summed E-state index contributed by atoms with van der Waals surface area (Å²) in [4.78, 5) is 4.77. The van der Waals surface area contributed by atoms with Gasteiger partial charge in [-0.2, -0.15) is 0 Å². The van der Waals surface area contributed by atoms with Gasteiger partial charge in [0.15, 0.2) is 0 Å². The van der Waals surface area contributed by atoms with Crippen molar-refractivity contribution in [3.63, 3.8) is 0 Å². The minimum atomic E-state index is 0.752.